The van der Waals surface area contributed by atoms with Crippen LogP contribution in [0.3, 0.4) is 0 Å². The molecule has 0 saturated carbocycles. The molecule has 0 unspecified atom stereocenters. The van der Waals surface area contributed by atoms with E-state index in [4.69, 9.17) is 4.74 Å². The van der Waals surface area contributed by atoms with Crippen LogP contribution < -0.4 is 15.0 Å². The Morgan fingerprint density at radius 2 is 1.94 bits per heavy atom. The molecule has 0 atom stereocenters. The summed E-state index contributed by atoms with van der Waals surface area (Å²) in [6.45, 7) is 4.26. The summed E-state index contributed by atoms with van der Waals surface area (Å²) in [6, 6.07) is 11.4. The third-order valence-corrected chi connectivity index (χ3v) is 5.45. The molecule has 1 aliphatic heterocycles. The molecule has 1 aliphatic rings. The van der Waals surface area contributed by atoms with E-state index in [-0.39, 0.29) is 12.5 Å². The average Bonchev–Trinajstić information content (AvgIpc) is 3.19. The third kappa shape index (κ3) is 4.84. The highest BCUT2D eigenvalue weighted by atomic mass is 16.5. The Kier molecular flexibility index (Phi) is 6.16. The number of rotatable bonds is 6. The number of hydrogen-bond donors (Lipinski definition) is 1. The molecule has 2 aromatic heterocycles. The second-order valence-corrected chi connectivity index (χ2v) is 7.78. The van der Waals surface area contributed by atoms with Crippen molar-refractivity contribution < 1.29 is 9.53 Å². The van der Waals surface area contributed by atoms with E-state index < -0.39 is 0 Å². The first-order valence-electron chi connectivity index (χ1n) is 10.6. The minimum atomic E-state index is -0.214. The van der Waals surface area contributed by atoms with Gasteiger partial charge in [-0.3, -0.25) is 9.48 Å². The molecule has 0 spiro atoms. The lowest BCUT2D eigenvalue weighted by Crippen LogP contribution is -2.31. The lowest BCUT2D eigenvalue weighted by Gasteiger charge is -2.28. The van der Waals surface area contributed by atoms with Crippen molar-refractivity contribution in [1.82, 2.24) is 25.1 Å². The fourth-order valence-electron chi connectivity index (χ4n) is 3.83. The zero-order valence-corrected chi connectivity index (χ0v) is 18.3. The highest BCUT2D eigenvalue weighted by Crippen LogP contribution is 2.23. The van der Waals surface area contributed by atoms with Gasteiger partial charge in [-0.25, -0.2) is 9.97 Å². The third-order valence-electron chi connectivity index (χ3n) is 5.45. The summed E-state index contributed by atoms with van der Waals surface area (Å²) < 4.78 is 6.86. The van der Waals surface area contributed by atoms with Crippen molar-refractivity contribution in [1.29, 1.82) is 0 Å². The molecule has 3 aromatic rings. The number of piperidine rings is 1. The van der Waals surface area contributed by atoms with E-state index in [1.54, 1.807) is 24.9 Å². The number of nitrogens with one attached hydrogen (secondary N) is 1. The number of amides is 1. The molecule has 162 valence electrons. The van der Waals surface area contributed by atoms with E-state index in [0.29, 0.717) is 17.2 Å². The number of benzene rings is 1. The standard InChI is InChI=1S/C23H28N6O2/c1-16-12-22(29-10-5-4-6-11-29)26-21(25-16)15-24-23(30)20-14-19(27-28(20)2)17-8-7-9-18(13-17)31-3/h7-9,12-14H,4-6,10-11,15H2,1-3H3,(H,24,30). The molecule has 3 heterocycles. The topological polar surface area (TPSA) is 85.2 Å². The number of nitrogens with zero attached hydrogens (tertiary/aromatic N) is 5. The molecule has 4 rings (SSSR count). The lowest BCUT2D eigenvalue weighted by atomic mass is 10.1. The molecule has 0 bridgehead atoms. The van der Waals surface area contributed by atoms with Crippen molar-refractivity contribution in [3.05, 3.63) is 53.6 Å². The van der Waals surface area contributed by atoms with Gasteiger partial charge in [0.15, 0.2) is 0 Å². The predicted octanol–water partition coefficient (Wildman–Crippen LogP) is 3.11. The summed E-state index contributed by atoms with van der Waals surface area (Å²) in [4.78, 5) is 24.3. The van der Waals surface area contributed by atoms with Gasteiger partial charge in [0, 0.05) is 37.5 Å². The van der Waals surface area contributed by atoms with Gasteiger partial charge in [-0.05, 0) is 44.4 Å². The Labute approximate surface area is 182 Å². The van der Waals surface area contributed by atoms with Gasteiger partial charge in [-0.15, -0.1) is 0 Å². The molecule has 31 heavy (non-hydrogen) atoms. The minimum absolute atomic E-state index is 0.214. The number of anilines is 1. The van der Waals surface area contributed by atoms with Gasteiger partial charge in [0.1, 0.15) is 23.1 Å². The van der Waals surface area contributed by atoms with Crippen molar-refractivity contribution in [2.24, 2.45) is 7.05 Å². The summed E-state index contributed by atoms with van der Waals surface area (Å²) in [5, 5.41) is 7.42. The maximum atomic E-state index is 12.8. The number of aryl methyl sites for hydroxylation is 2. The molecular formula is C23H28N6O2. The number of aromatic nitrogens is 4. The maximum Gasteiger partial charge on any atom is 0.269 e. The average molecular weight is 421 g/mol. The van der Waals surface area contributed by atoms with E-state index in [1.165, 1.54) is 19.3 Å². The van der Waals surface area contributed by atoms with Crippen molar-refractivity contribution in [2.45, 2.75) is 32.7 Å². The van der Waals surface area contributed by atoms with E-state index in [1.807, 2.05) is 37.3 Å². The number of carbonyl (C=O) groups excluding carboxylic acids is 1. The van der Waals surface area contributed by atoms with E-state index in [9.17, 15) is 4.79 Å². The molecule has 1 N–H and O–H groups in total. The SMILES string of the molecule is COc1cccc(-c2cc(C(=O)NCc3nc(C)cc(N4CCCCC4)n3)n(C)n2)c1. The van der Waals surface area contributed by atoms with Crippen molar-refractivity contribution in [3.8, 4) is 17.0 Å². The molecule has 1 aromatic carbocycles. The number of carbonyl (C=O) groups is 1. The van der Waals surface area contributed by atoms with E-state index in [0.717, 1.165) is 35.9 Å². The highest BCUT2D eigenvalue weighted by molar-refractivity contribution is 5.93. The normalized spacial score (nSPS) is 13.8. The molecule has 8 heteroatoms. The van der Waals surface area contributed by atoms with Crippen LogP contribution in [0.5, 0.6) is 5.75 Å². The zero-order valence-electron chi connectivity index (χ0n) is 18.3. The van der Waals surface area contributed by atoms with Gasteiger partial charge >= 0.3 is 0 Å². The van der Waals surface area contributed by atoms with Gasteiger partial charge in [0.05, 0.1) is 19.3 Å². The Bertz CT molecular complexity index is 1070. The second-order valence-electron chi connectivity index (χ2n) is 7.78. The second kappa shape index (κ2) is 9.16. The summed E-state index contributed by atoms with van der Waals surface area (Å²) >= 11 is 0. The van der Waals surface area contributed by atoms with Gasteiger partial charge in [-0.2, -0.15) is 5.10 Å². The molecule has 1 amide bonds. The first-order chi connectivity index (χ1) is 15.0. The van der Waals surface area contributed by atoms with Crippen LogP contribution in [0, 0.1) is 6.92 Å². The summed E-state index contributed by atoms with van der Waals surface area (Å²) in [7, 11) is 3.39. The van der Waals surface area contributed by atoms with Crippen LogP contribution in [0.2, 0.25) is 0 Å². The summed E-state index contributed by atoms with van der Waals surface area (Å²) in [5.41, 5.74) is 2.98. The van der Waals surface area contributed by atoms with Crippen molar-refractivity contribution in [2.75, 3.05) is 25.1 Å². The van der Waals surface area contributed by atoms with Gasteiger partial charge in [-0.1, -0.05) is 12.1 Å². The van der Waals surface area contributed by atoms with Gasteiger partial charge in [0.2, 0.25) is 0 Å². The molecule has 8 nitrogen and oxygen atoms in total. The van der Waals surface area contributed by atoms with Crippen LogP contribution in [0.25, 0.3) is 11.3 Å². The van der Waals surface area contributed by atoms with E-state index in [2.05, 4.69) is 25.3 Å². The predicted molar refractivity (Wildman–Crippen MR) is 119 cm³/mol. The number of methoxy groups -OCH3 is 1. The summed E-state index contributed by atoms with van der Waals surface area (Å²) in [6.07, 6.45) is 3.64. The Hall–Kier alpha value is -3.42. The minimum Gasteiger partial charge on any atom is -0.497 e. The van der Waals surface area contributed by atoms with Gasteiger partial charge in [0.25, 0.3) is 5.91 Å². The number of hydrogen-bond acceptors (Lipinski definition) is 6. The quantitative estimate of drug-likeness (QED) is 0.660. The van der Waals surface area contributed by atoms with Crippen LogP contribution in [0.4, 0.5) is 5.82 Å². The van der Waals surface area contributed by atoms with Gasteiger partial charge < -0.3 is 15.0 Å². The van der Waals surface area contributed by atoms with Crippen LogP contribution in [0.1, 0.15) is 41.3 Å². The smallest absolute Gasteiger partial charge is 0.269 e. The zero-order chi connectivity index (χ0) is 21.8. The first-order valence-corrected chi connectivity index (χ1v) is 10.6. The Morgan fingerprint density at radius 3 is 2.71 bits per heavy atom. The number of ether oxygens (including phenoxy) is 1. The molecule has 1 saturated heterocycles. The van der Waals surface area contributed by atoms with E-state index >= 15 is 0 Å². The highest BCUT2D eigenvalue weighted by Gasteiger charge is 2.17. The monoisotopic (exact) mass is 420 g/mol. The first kappa shape index (κ1) is 20.8. The van der Waals surface area contributed by atoms with Crippen molar-refractivity contribution >= 4 is 11.7 Å². The maximum absolute atomic E-state index is 12.8. The molecule has 0 aliphatic carbocycles. The Balaban J connectivity index is 1.47. The lowest BCUT2D eigenvalue weighted by molar-refractivity contribution is 0.0940. The van der Waals surface area contributed by atoms with Crippen LogP contribution in [0.15, 0.2) is 36.4 Å². The largest absolute Gasteiger partial charge is 0.497 e. The fraction of sp³-hybridized carbons (Fsp3) is 0.391. The van der Waals surface area contributed by atoms with Crippen LogP contribution in [-0.4, -0.2) is 45.9 Å². The van der Waals surface area contributed by atoms with Crippen molar-refractivity contribution in [3.63, 3.8) is 0 Å². The van der Waals surface area contributed by atoms with Crippen LogP contribution >= 0.6 is 0 Å². The molecular weight excluding hydrogens is 392 g/mol. The Morgan fingerprint density at radius 1 is 1.13 bits per heavy atom. The fourth-order valence-corrected chi connectivity index (χ4v) is 3.83. The molecule has 1 fully saturated rings. The van der Waals surface area contributed by atoms with Crippen LogP contribution in [-0.2, 0) is 13.6 Å². The summed E-state index contributed by atoms with van der Waals surface area (Å²) in [5.74, 6) is 2.09. The molecule has 0 radical (unpaired) electrons.